The quantitative estimate of drug-likeness (QED) is 0.898. The SMILES string of the molecule is CCNC(Cc1cccc(F)c1Cl)c1ccncc1C. The number of nitrogens with one attached hydrogen (secondary N) is 1. The fourth-order valence-electron chi connectivity index (χ4n) is 2.34. The largest absolute Gasteiger partial charge is 0.310 e. The van der Waals surface area contributed by atoms with Crippen LogP contribution >= 0.6 is 11.6 Å². The Labute approximate surface area is 124 Å². The van der Waals surface area contributed by atoms with Gasteiger partial charge in [0.2, 0.25) is 0 Å². The lowest BCUT2D eigenvalue weighted by Crippen LogP contribution is -2.24. The minimum Gasteiger partial charge on any atom is -0.310 e. The van der Waals surface area contributed by atoms with Crippen molar-refractivity contribution in [3.05, 3.63) is 64.2 Å². The predicted molar refractivity (Wildman–Crippen MR) is 80.5 cm³/mol. The third-order valence-electron chi connectivity index (χ3n) is 3.35. The predicted octanol–water partition coefficient (Wildman–Crippen LogP) is 4.08. The van der Waals surface area contributed by atoms with E-state index >= 15 is 0 Å². The van der Waals surface area contributed by atoms with Gasteiger partial charge in [-0.05, 0) is 48.7 Å². The number of likely N-dealkylation sites (N-methyl/N-ethyl adjacent to an activating group) is 1. The van der Waals surface area contributed by atoms with Crippen LogP contribution in [0, 0.1) is 12.7 Å². The van der Waals surface area contributed by atoms with Gasteiger partial charge < -0.3 is 5.32 Å². The summed E-state index contributed by atoms with van der Waals surface area (Å²) in [5, 5.41) is 3.64. The van der Waals surface area contributed by atoms with Gasteiger partial charge in [-0.2, -0.15) is 0 Å². The Morgan fingerprint density at radius 3 is 2.85 bits per heavy atom. The molecule has 0 aliphatic carbocycles. The van der Waals surface area contributed by atoms with Crippen molar-refractivity contribution in [2.75, 3.05) is 6.54 Å². The minimum atomic E-state index is -0.370. The Bertz CT molecular complexity index is 586. The summed E-state index contributed by atoms with van der Waals surface area (Å²) < 4.78 is 13.5. The molecule has 2 nitrogen and oxygen atoms in total. The Hall–Kier alpha value is -1.45. The van der Waals surface area contributed by atoms with E-state index in [2.05, 4.69) is 17.2 Å². The molecule has 0 bridgehead atoms. The first-order valence-corrected chi connectivity index (χ1v) is 7.08. The van der Waals surface area contributed by atoms with Crippen molar-refractivity contribution in [2.24, 2.45) is 0 Å². The molecule has 1 heterocycles. The van der Waals surface area contributed by atoms with Crippen LogP contribution in [-0.4, -0.2) is 11.5 Å². The maximum Gasteiger partial charge on any atom is 0.142 e. The first-order valence-electron chi connectivity index (χ1n) is 6.70. The van der Waals surface area contributed by atoms with Gasteiger partial charge in [-0.15, -0.1) is 0 Å². The number of hydrogen-bond acceptors (Lipinski definition) is 2. The molecule has 0 saturated carbocycles. The fourth-order valence-corrected chi connectivity index (χ4v) is 2.54. The first kappa shape index (κ1) is 14.9. The van der Waals surface area contributed by atoms with Crippen LogP contribution in [0.3, 0.4) is 0 Å². The van der Waals surface area contributed by atoms with E-state index in [1.165, 1.54) is 11.6 Å². The van der Waals surface area contributed by atoms with E-state index in [9.17, 15) is 4.39 Å². The number of pyridine rings is 1. The minimum absolute atomic E-state index is 0.0994. The van der Waals surface area contributed by atoms with Crippen molar-refractivity contribution in [3.63, 3.8) is 0 Å². The highest BCUT2D eigenvalue weighted by Gasteiger charge is 2.16. The number of aryl methyl sites for hydroxylation is 1. The molecule has 0 spiro atoms. The Balaban J connectivity index is 2.31. The van der Waals surface area contributed by atoms with Crippen LogP contribution in [0.2, 0.25) is 5.02 Å². The highest BCUT2D eigenvalue weighted by atomic mass is 35.5. The maximum absolute atomic E-state index is 13.5. The third kappa shape index (κ3) is 3.35. The van der Waals surface area contributed by atoms with Crippen LogP contribution in [0.4, 0.5) is 4.39 Å². The van der Waals surface area contributed by atoms with E-state index in [0.29, 0.717) is 6.42 Å². The Kier molecular flexibility index (Phi) is 5.10. The molecule has 4 heteroatoms. The molecule has 0 amide bonds. The van der Waals surface area contributed by atoms with Gasteiger partial charge in [0.15, 0.2) is 0 Å². The topological polar surface area (TPSA) is 24.9 Å². The summed E-state index contributed by atoms with van der Waals surface area (Å²) in [7, 11) is 0. The van der Waals surface area contributed by atoms with E-state index in [1.807, 2.05) is 25.3 Å². The van der Waals surface area contributed by atoms with Gasteiger partial charge in [-0.1, -0.05) is 30.7 Å². The molecule has 1 aromatic carbocycles. The van der Waals surface area contributed by atoms with Crippen molar-refractivity contribution in [2.45, 2.75) is 26.3 Å². The second-order valence-corrected chi connectivity index (χ2v) is 5.14. The van der Waals surface area contributed by atoms with E-state index in [4.69, 9.17) is 11.6 Å². The fraction of sp³-hybridized carbons (Fsp3) is 0.312. The monoisotopic (exact) mass is 292 g/mol. The van der Waals surface area contributed by atoms with Crippen molar-refractivity contribution in [3.8, 4) is 0 Å². The van der Waals surface area contributed by atoms with E-state index < -0.39 is 0 Å². The van der Waals surface area contributed by atoms with Gasteiger partial charge in [-0.25, -0.2) is 4.39 Å². The highest BCUT2D eigenvalue weighted by molar-refractivity contribution is 6.31. The van der Waals surface area contributed by atoms with Crippen LogP contribution in [0.5, 0.6) is 0 Å². The van der Waals surface area contributed by atoms with Gasteiger partial charge in [0, 0.05) is 18.4 Å². The van der Waals surface area contributed by atoms with Crippen molar-refractivity contribution in [1.82, 2.24) is 10.3 Å². The summed E-state index contributed by atoms with van der Waals surface area (Å²) in [5.41, 5.74) is 3.10. The molecule has 0 aliphatic heterocycles. The number of halogens is 2. The number of aromatic nitrogens is 1. The molecule has 1 N–H and O–H groups in total. The second kappa shape index (κ2) is 6.82. The Morgan fingerprint density at radius 2 is 2.15 bits per heavy atom. The normalized spacial score (nSPS) is 12.4. The second-order valence-electron chi connectivity index (χ2n) is 4.76. The number of nitrogens with zero attached hydrogens (tertiary/aromatic N) is 1. The summed E-state index contributed by atoms with van der Waals surface area (Å²) in [5.74, 6) is -0.370. The molecular weight excluding hydrogens is 275 g/mol. The molecule has 1 unspecified atom stereocenters. The van der Waals surface area contributed by atoms with Gasteiger partial charge in [-0.3, -0.25) is 4.98 Å². The maximum atomic E-state index is 13.5. The number of rotatable bonds is 5. The molecular formula is C16H18ClFN2. The van der Waals surface area contributed by atoms with Gasteiger partial charge in [0.05, 0.1) is 5.02 Å². The Morgan fingerprint density at radius 1 is 1.35 bits per heavy atom. The van der Waals surface area contributed by atoms with Crippen molar-refractivity contribution < 1.29 is 4.39 Å². The van der Waals surface area contributed by atoms with Gasteiger partial charge in [0.25, 0.3) is 0 Å². The summed E-state index contributed by atoms with van der Waals surface area (Å²) >= 11 is 6.05. The van der Waals surface area contributed by atoms with Gasteiger partial charge in [0.1, 0.15) is 5.82 Å². The molecule has 20 heavy (non-hydrogen) atoms. The van der Waals surface area contributed by atoms with Crippen LogP contribution in [0.1, 0.15) is 29.7 Å². The van der Waals surface area contributed by atoms with E-state index in [1.54, 1.807) is 12.3 Å². The highest BCUT2D eigenvalue weighted by Crippen LogP contribution is 2.26. The smallest absolute Gasteiger partial charge is 0.142 e. The lowest BCUT2D eigenvalue weighted by molar-refractivity contribution is 0.544. The standard InChI is InChI=1S/C16H18ClFN2/c1-3-20-15(13-7-8-19-10-11(13)2)9-12-5-4-6-14(18)16(12)17/h4-8,10,15,20H,3,9H2,1-2H3. The van der Waals surface area contributed by atoms with Crippen molar-refractivity contribution in [1.29, 1.82) is 0 Å². The average molecular weight is 293 g/mol. The molecule has 106 valence electrons. The third-order valence-corrected chi connectivity index (χ3v) is 3.77. The van der Waals surface area contributed by atoms with Crippen LogP contribution in [0.15, 0.2) is 36.7 Å². The number of benzene rings is 1. The van der Waals surface area contributed by atoms with Crippen LogP contribution in [-0.2, 0) is 6.42 Å². The molecule has 1 aromatic heterocycles. The summed E-state index contributed by atoms with van der Waals surface area (Å²) in [6.07, 6.45) is 4.27. The zero-order valence-corrected chi connectivity index (χ0v) is 12.4. The molecule has 1 atom stereocenters. The van der Waals surface area contributed by atoms with Gasteiger partial charge >= 0.3 is 0 Å². The summed E-state index contributed by atoms with van der Waals surface area (Å²) in [6, 6.07) is 7.04. The molecule has 0 aliphatic rings. The first-order chi connectivity index (χ1) is 9.63. The summed E-state index contributed by atoms with van der Waals surface area (Å²) in [4.78, 5) is 4.11. The van der Waals surface area contributed by atoms with Crippen LogP contribution in [0.25, 0.3) is 0 Å². The molecule has 0 saturated heterocycles. The zero-order chi connectivity index (χ0) is 14.5. The molecule has 2 aromatic rings. The lowest BCUT2D eigenvalue weighted by atomic mass is 9.96. The molecule has 0 fully saturated rings. The zero-order valence-electron chi connectivity index (χ0n) is 11.7. The molecule has 2 rings (SSSR count). The molecule has 0 radical (unpaired) electrons. The average Bonchev–Trinajstić information content (AvgIpc) is 2.44. The lowest BCUT2D eigenvalue weighted by Gasteiger charge is -2.21. The van der Waals surface area contributed by atoms with Crippen LogP contribution < -0.4 is 5.32 Å². The van der Waals surface area contributed by atoms with E-state index in [0.717, 1.165) is 17.7 Å². The number of hydrogen-bond donors (Lipinski definition) is 1. The summed E-state index contributed by atoms with van der Waals surface area (Å²) in [6.45, 7) is 4.91. The van der Waals surface area contributed by atoms with Crippen molar-refractivity contribution >= 4 is 11.6 Å². The van der Waals surface area contributed by atoms with E-state index in [-0.39, 0.29) is 16.9 Å².